The van der Waals surface area contributed by atoms with Crippen LogP contribution in [0.15, 0.2) is 29.4 Å². The van der Waals surface area contributed by atoms with Crippen molar-refractivity contribution >= 4 is 31.0 Å². The minimum absolute atomic E-state index is 0.262. The Kier molecular flexibility index (Phi) is 4.01. The van der Waals surface area contributed by atoms with Gasteiger partial charge in [-0.2, -0.15) is 12.6 Å². The first-order valence-corrected chi connectivity index (χ1v) is 8.24. The summed E-state index contributed by atoms with van der Waals surface area (Å²) in [4.78, 5) is 7.45. The van der Waals surface area contributed by atoms with Gasteiger partial charge in [0, 0.05) is 26.1 Å². The van der Waals surface area contributed by atoms with Crippen LogP contribution in [-0.2, 0) is 11.4 Å². The predicted molar refractivity (Wildman–Crippen MR) is 93.3 cm³/mol. The first-order valence-electron chi connectivity index (χ1n) is 7.35. The van der Waals surface area contributed by atoms with Crippen molar-refractivity contribution in [1.82, 2.24) is 4.90 Å². The molecule has 1 unspecified atom stereocenters. The fourth-order valence-corrected chi connectivity index (χ4v) is 3.96. The summed E-state index contributed by atoms with van der Waals surface area (Å²) in [7, 11) is 0. The second-order valence-electron chi connectivity index (χ2n) is 6.36. The molecule has 2 aliphatic rings. The van der Waals surface area contributed by atoms with Crippen LogP contribution >= 0.6 is 25.3 Å². The van der Waals surface area contributed by atoms with Crippen LogP contribution in [0.3, 0.4) is 0 Å². The molecule has 1 fully saturated rings. The molecular formula is C16H22N2OS2. The molecule has 0 spiro atoms. The van der Waals surface area contributed by atoms with Gasteiger partial charge < -0.3 is 4.84 Å². The standard InChI is InChI=1S/C16H22N2OS2/c1-12-3-5-14(6-4-12)10-18-8-7-15(20,11-18)16(21)9-13(2)17-19-16/h3-6,20-21H,7-11H2,1-2H3/t15?,16-/m0/s1. The van der Waals surface area contributed by atoms with Crippen LogP contribution in [0.1, 0.15) is 30.9 Å². The summed E-state index contributed by atoms with van der Waals surface area (Å²) in [5, 5.41) is 4.07. The van der Waals surface area contributed by atoms with Gasteiger partial charge in [-0.05, 0) is 25.8 Å². The van der Waals surface area contributed by atoms with Gasteiger partial charge in [0.1, 0.15) is 0 Å². The minimum Gasteiger partial charge on any atom is -0.377 e. The molecule has 1 saturated heterocycles. The number of thiol groups is 2. The quantitative estimate of drug-likeness (QED) is 0.835. The summed E-state index contributed by atoms with van der Waals surface area (Å²) in [6, 6.07) is 8.72. The van der Waals surface area contributed by atoms with E-state index in [9.17, 15) is 0 Å². The lowest BCUT2D eigenvalue weighted by atomic mass is 9.95. The zero-order valence-corrected chi connectivity index (χ0v) is 14.3. The van der Waals surface area contributed by atoms with Gasteiger partial charge in [-0.25, -0.2) is 0 Å². The van der Waals surface area contributed by atoms with E-state index in [1.165, 1.54) is 11.1 Å². The Hall–Kier alpha value is -0.650. The first kappa shape index (κ1) is 15.3. The van der Waals surface area contributed by atoms with E-state index in [1.54, 1.807) is 0 Å². The van der Waals surface area contributed by atoms with E-state index < -0.39 is 4.93 Å². The van der Waals surface area contributed by atoms with Crippen molar-refractivity contribution < 1.29 is 4.84 Å². The van der Waals surface area contributed by atoms with Crippen molar-refractivity contribution in [2.45, 2.75) is 42.9 Å². The Morgan fingerprint density at radius 2 is 1.95 bits per heavy atom. The Balaban J connectivity index is 1.66. The van der Waals surface area contributed by atoms with Crippen LogP contribution in [-0.4, -0.2) is 33.4 Å². The number of hydrogen-bond acceptors (Lipinski definition) is 5. The molecule has 0 aromatic heterocycles. The molecule has 2 heterocycles. The summed E-state index contributed by atoms with van der Waals surface area (Å²) >= 11 is 9.69. The van der Waals surface area contributed by atoms with Crippen molar-refractivity contribution in [2.75, 3.05) is 13.1 Å². The summed E-state index contributed by atoms with van der Waals surface area (Å²) in [6.45, 7) is 6.93. The highest BCUT2D eigenvalue weighted by Gasteiger charge is 2.55. The van der Waals surface area contributed by atoms with Gasteiger partial charge in [0.25, 0.3) is 0 Å². The molecule has 0 aliphatic carbocycles. The molecule has 0 N–H and O–H groups in total. The van der Waals surface area contributed by atoms with Crippen molar-refractivity contribution in [1.29, 1.82) is 0 Å². The highest BCUT2D eigenvalue weighted by Crippen LogP contribution is 2.47. The van der Waals surface area contributed by atoms with Crippen LogP contribution in [0.25, 0.3) is 0 Å². The van der Waals surface area contributed by atoms with Gasteiger partial charge in [-0.3, -0.25) is 4.90 Å². The van der Waals surface area contributed by atoms with E-state index in [4.69, 9.17) is 30.1 Å². The second kappa shape index (κ2) is 5.52. The lowest BCUT2D eigenvalue weighted by Gasteiger charge is -2.36. The zero-order chi connectivity index (χ0) is 15.1. The molecule has 1 aromatic rings. The largest absolute Gasteiger partial charge is 0.377 e. The van der Waals surface area contributed by atoms with E-state index in [0.717, 1.165) is 38.2 Å². The third-order valence-electron chi connectivity index (χ3n) is 4.43. The molecule has 1 aromatic carbocycles. The fraction of sp³-hybridized carbons (Fsp3) is 0.562. The van der Waals surface area contributed by atoms with Crippen LogP contribution in [0.4, 0.5) is 0 Å². The predicted octanol–water partition coefficient (Wildman–Crippen LogP) is 3.29. The van der Waals surface area contributed by atoms with Gasteiger partial charge in [0.05, 0.1) is 10.5 Å². The van der Waals surface area contributed by atoms with Crippen LogP contribution in [0.2, 0.25) is 0 Å². The van der Waals surface area contributed by atoms with Crippen molar-refractivity contribution in [3.05, 3.63) is 35.4 Å². The normalized spacial score (nSPS) is 33.0. The Morgan fingerprint density at radius 3 is 2.57 bits per heavy atom. The zero-order valence-electron chi connectivity index (χ0n) is 12.5. The highest BCUT2D eigenvalue weighted by molar-refractivity contribution is 7.86. The maximum Gasteiger partial charge on any atom is 0.201 e. The monoisotopic (exact) mass is 322 g/mol. The molecule has 3 rings (SSSR count). The molecule has 5 heteroatoms. The van der Waals surface area contributed by atoms with E-state index in [0.29, 0.717) is 0 Å². The maximum absolute atomic E-state index is 5.60. The molecule has 0 radical (unpaired) electrons. The van der Waals surface area contributed by atoms with E-state index in [2.05, 4.69) is 41.2 Å². The van der Waals surface area contributed by atoms with Crippen LogP contribution < -0.4 is 0 Å². The number of likely N-dealkylation sites (tertiary alicyclic amines) is 1. The molecule has 0 saturated carbocycles. The molecule has 3 nitrogen and oxygen atoms in total. The Morgan fingerprint density at radius 1 is 1.24 bits per heavy atom. The SMILES string of the molecule is CC1=NO[C@@](S)(C2(S)CCN(Cc3ccc(C)cc3)C2)C1. The number of oxime groups is 1. The van der Waals surface area contributed by atoms with Crippen LogP contribution in [0, 0.1) is 6.92 Å². The lowest BCUT2D eigenvalue weighted by Crippen LogP contribution is -2.48. The van der Waals surface area contributed by atoms with E-state index in [1.807, 2.05) is 6.92 Å². The summed E-state index contributed by atoms with van der Waals surface area (Å²) in [6.07, 6.45) is 1.71. The van der Waals surface area contributed by atoms with Gasteiger partial charge in [0.15, 0.2) is 0 Å². The number of nitrogens with zero attached hydrogens (tertiary/aromatic N) is 2. The van der Waals surface area contributed by atoms with Gasteiger partial charge in [-0.15, -0.1) is 12.6 Å². The number of benzene rings is 1. The summed E-state index contributed by atoms with van der Waals surface area (Å²) in [5.41, 5.74) is 3.63. The first-order chi connectivity index (χ1) is 9.90. The van der Waals surface area contributed by atoms with Gasteiger partial charge in [0.2, 0.25) is 4.93 Å². The van der Waals surface area contributed by atoms with Crippen molar-refractivity contribution in [3.63, 3.8) is 0 Å². The number of hydrogen-bond donors (Lipinski definition) is 2. The molecule has 114 valence electrons. The minimum atomic E-state index is -0.581. The molecular weight excluding hydrogens is 300 g/mol. The average molecular weight is 322 g/mol. The molecule has 2 aliphatic heterocycles. The van der Waals surface area contributed by atoms with Gasteiger partial charge in [-0.1, -0.05) is 35.0 Å². The number of rotatable bonds is 3. The smallest absolute Gasteiger partial charge is 0.201 e. The van der Waals surface area contributed by atoms with Gasteiger partial charge >= 0.3 is 0 Å². The Labute approximate surface area is 137 Å². The molecule has 2 atom stereocenters. The highest BCUT2D eigenvalue weighted by atomic mass is 32.1. The topological polar surface area (TPSA) is 24.8 Å². The second-order valence-corrected chi connectivity index (χ2v) is 7.94. The average Bonchev–Trinajstić information content (AvgIpc) is 2.98. The van der Waals surface area contributed by atoms with Crippen molar-refractivity contribution in [2.24, 2.45) is 5.16 Å². The summed E-state index contributed by atoms with van der Waals surface area (Å²) < 4.78 is -0.262. The molecule has 0 amide bonds. The fourth-order valence-electron chi connectivity index (χ4n) is 3.09. The van der Waals surface area contributed by atoms with Crippen molar-refractivity contribution in [3.8, 4) is 0 Å². The van der Waals surface area contributed by atoms with E-state index >= 15 is 0 Å². The Bertz CT molecular complexity index is 560. The summed E-state index contributed by atoms with van der Waals surface area (Å²) in [5.74, 6) is 0. The lowest BCUT2D eigenvalue weighted by molar-refractivity contribution is 0.0294. The third kappa shape index (κ3) is 2.96. The number of aryl methyl sites for hydroxylation is 1. The molecule has 0 bridgehead atoms. The third-order valence-corrected chi connectivity index (χ3v) is 6.00. The maximum atomic E-state index is 5.60. The van der Waals surface area contributed by atoms with Crippen LogP contribution in [0.5, 0.6) is 0 Å². The molecule has 21 heavy (non-hydrogen) atoms. The van der Waals surface area contributed by atoms with E-state index in [-0.39, 0.29) is 4.75 Å².